The zero-order valence-electron chi connectivity index (χ0n) is 12.6. The maximum absolute atomic E-state index is 12.1. The van der Waals surface area contributed by atoms with Gasteiger partial charge in [-0.05, 0) is 13.0 Å². The van der Waals surface area contributed by atoms with Crippen LogP contribution in [0.5, 0.6) is 0 Å². The molecule has 0 aliphatic rings. The van der Waals surface area contributed by atoms with Crippen LogP contribution < -0.4 is 16.2 Å². The van der Waals surface area contributed by atoms with E-state index >= 15 is 0 Å². The highest BCUT2D eigenvalue weighted by molar-refractivity contribution is 5.96. The van der Waals surface area contributed by atoms with E-state index in [1.54, 1.807) is 10.9 Å². The molecule has 116 valence electrons. The molecule has 3 N–H and O–H groups in total. The number of aromatic nitrogens is 3. The lowest BCUT2D eigenvalue weighted by molar-refractivity contribution is -0.114. The van der Waals surface area contributed by atoms with E-state index in [9.17, 15) is 14.4 Å². The normalized spacial score (nSPS) is 10.3. The Kier molecular flexibility index (Phi) is 4.40. The van der Waals surface area contributed by atoms with Gasteiger partial charge in [0.2, 0.25) is 5.91 Å². The van der Waals surface area contributed by atoms with Gasteiger partial charge in [0.1, 0.15) is 5.56 Å². The van der Waals surface area contributed by atoms with E-state index < -0.39 is 11.5 Å². The largest absolute Gasteiger partial charge is 0.348 e. The number of rotatable bonds is 4. The summed E-state index contributed by atoms with van der Waals surface area (Å²) >= 11 is 0. The van der Waals surface area contributed by atoms with E-state index in [1.165, 1.54) is 19.2 Å². The first-order valence-corrected chi connectivity index (χ1v) is 6.64. The number of aromatic amines is 1. The summed E-state index contributed by atoms with van der Waals surface area (Å²) < 4.78 is 1.70. The number of carbonyl (C=O) groups is 2. The van der Waals surface area contributed by atoms with Gasteiger partial charge in [0.25, 0.3) is 11.5 Å². The average molecular weight is 303 g/mol. The van der Waals surface area contributed by atoms with Gasteiger partial charge >= 0.3 is 0 Å². The highest BCUT2D eigenvalue weighted by Gasteiger charge is 2.13. The Hall–Kier alpha value is -2.90. The second-order valence-electron chi connectivity index (χ2n) is 4.87. The van der Waals surface area contributed by atoms with Crippen molar-refractivity contribution < 1.29 is 9.59 Å². The molecule has 0 saturated carbocycles. The van der Waals surface area contributed by atoms with Crippen LogP contribution in [0.25, 0.3) is 0 Å². The number of carbonyl (C=O) groups excluding carboxylic acids is 2. The van der Waals surface area contributed by atoms with Crippen LogP contribution in [0.1, 0.15) is 28.5 Å². The summed E-state index contributed by atoms with van der Waals surface area (Å²) in [6.07, 6.45) is 3.00. The van der Waals surface area contributed by atoms with Crippen LogP contribution in [0.3, 0.4) is 0 Å². The van der Waals surface area contributed by atoms with Crippen LogP contribution in [-0.4, -0.2) is 26.6 Å². The molecule has 0 atom stereocenters. The van der Waals surface area contributed by atoms with Crippen LogP contribution in [-0.2, 0) is 18.4 Å². The molecule has 0 unspecified atom stereocenters. The first-order chi connectivity index (χ1) is 10.4. The number of hydrogen-bond donors (Lipinski definition) is 3. The van der Waals surface area contributed by atoms with Crippen molar-refractivity contribution in [2.75, 3.05) is 5.32 Å². The molecule has 0 aliphatic carbocycles. The van der Waals surface area contributed by atoms with E-state index in [0.717, 1.165) is 11.3 Å². The van der Waals surface area contributed by atoms with Crippen molar-refractivity contribution in [3.8, 4) is 0 Å². The average Bonchev–Trinajstić information content (AvgIpc) is 2.78. The molecule has 0 aromatic carbocycles. The van der Waals surface area contributed by atoms with E-state index in [-0.39, 0.29) is 18.0 Å². The minimum atomic E-state index is -0.519. The number of nitrogens with one attached hydrogen (secondary N) is 3. The van der Waals surface area contributed by atoms with Gasteiger partial charge in [0, 0.05) is 38.0 Å². The maximum atomic E-state index is 12.1. The van der Waals surface area contributed by atoms with Crippen molar-refractivity contribution in [2.24, 2.45) is 7.05 Å². The van der Waals surface area contributed by atoms with E-state index in [2.05, 4.69) is 20.7 Å². The molecule has 0 spiro atoms. The number of nitrogens with zero attached hydrogens (tertiary/aromatic N) is 2. The number of hydrogen-bond acceptors (Lipinski definition) is 4. The van der Waals surface area contributed by atoms with Gasteiger partial charge in [-0.3, -0.25) is 19.1 Å². The summed E-state index contributed by atoms with van der Waals surface area (Å²) in [4.78, 5) is 37.3. The molecule has 2 aromatic heterocycles. The Morgan fingerprint density at radius 3 is 2.73 bits per heavy atom. The fourth-order valence-electron chi connectivity index (χ4n) is 1.92. The summed E-state index contributed by atoms with van der Waals surface area (Å²) in [5, 5.41) is 9.26. The molecule has 0 radical (unpaired) electrons. The topological polar surface area (TPSA) is 109 Å². The smallest absolute Gasteiger partial charge is 0.260 e. The fourth-order valence-corrected chi connectivity index (χ4v) is 1.92. The second kappa shape index (κ2) is 6.25. The van der Waals surface area contributed by atoms with Crippen LogP contribution in [0.2, 0.25) is 0 Å². The Morgan fingerprint density at radius 2 is 2.14 bits per heavy atom. The molecule has 2 aromatic rings. The van der Waals surface area contributed by atoms with Gasteiger partial charge in [-0.1, -0.05) is 0 Å². The first kappa shape index (κ1) is 15.5. The van der Waals surface area contributed by atoms with E-state index in [0.29, 0.717) is 5.69 Å². The van der Waals surface area contributed by atoms with E-state index in [1.807, 2.05) is 14.0 Å². The summed E-state index contributed by atoms with van der Waals surface area (Å²) in [6.45, 7) is 3.50. The van der Waals surface area contributed by atoms with Crippen molar-refractivity contribution in [1.82, 2.24) is 20.1 Å². The molecule has 22 heavy (non-hydrogen) atoms. The molecule has 2 rings (SSSR count). The van der Waals surface area contributed by atoms with Gasteiger partial charge in [0.15, 0.2) is 0 Å². The second-order valence-corrected chi connectivity index (χ2v) is 4.87. The minimum Gasteiger partial charge on any atom is -0.348 e. The van der Waals surface area contributed by atoms with Gasteiger partial charge in [-0.25, -0.2) is 0 Å². The number of anilines is 1. The van der Waals surface area contributed by atoms with E-state index in [4.69, 9.17) is 0 Å². The summed E-state index contributed by atoms with van der Waals surface area (Å²) in [5.74, 6) is -0.805. The fraction of sp³-hybridized carbons (Fsp3) is 0.286. The molecule has 2 amide bonds. The number of amides is 2. The van der Waals surface area contributed by atoms with Crippen molar-refractivity contribution in [2.45, 2.75) is 20.4 Å². The predicted molar refractivity (Wildman–Crippen MR) is 80.5 cm³/mol. The number of aryl methyl sites for hydroxylation is 1. The highest BCUT2D eigenvalue weighted by atomic mass is 16.2. The van der Waals surface area contributed by atoms with Gasteiger partial charge in [0.05, 0.1) is 11.9 Å². The van der Waals surface area contributed by atoms with Crippen LogP contribution in [0.15, 0.2) is 23.3 Å². The molecule has 0 aliphatic heterocycles. The van der Waals surface area contributed by atoms with Crippen molar-refractivity contribution in [3.05, 3.63) is 45.6 Å². The third-order valence-corrected chi connectivity index (χ3v) is 3.24. The van der Waals surface area contributed by atoms with Crippen molar-refractivity contribution in [3.63, 3.8) is 0 Å². The van der Waals surface area contributed by atoms with Crippen LogP contribution in [0, 0.1) is 6.92 Å². The molecule has 8 nitrogen and oxygen atoms in total. The lowest BCUT2D eigenvalue weighted by Crippen LogP contribution is -2.29. The van der Waals surface area contributed by atoms with Crippen molar-refractivity contribution in [1.29, 1.82) is 0 Å². The SMILES string of the molecule is CC(=O)Nc1c[nH]c(=O)c(C(=O)NCc2cnn(C)c2C)c1. The number of H-pyrrole nitrogens is 1. The standard InChI is InChI=1S/C14H17N5O3/c1-8-10(6-17-19(8)3)5-15-13(21)12-4-11(18-9(2)20)7-16-14(12)22/h4,6-7H,5H2,1-3H3,(H,15,21)(H,16,22)(H,18,20). The van der Waals surface area contributed by atoms with Gasteiger partial charge in [-0.15, -0.1) is 0 Å². The van der Waals surface area contributed by atoms with Crippen molar-refractivity contribution >= 4 is 17.5 Å². The summed E-state index contributed by atoms with van der Waals surface area (Å²) in [7, 11) is 1.81. The van der Waals surface area contributed by atoms with Gasteiger partial charge in [-0.2, -0.15) is 5.10 Å². The molecular formula is C14H17N5O3. The monoisotopic (exact) mass is 303 g/mol. The third kappa shape index (κ3) is 3.40. The maximum Gasteiger partial charge on any atom is 0.260 e. The summed E-state index contributed by atoms with van der Waals surface area (Å²) in [6, 6.07) is 1.34. The van der Waals surface area contributed by atoms with Gasteiger partial charge < -0.3 is 15.6 Å². The zero-order chi connectivity index (χ0) is 16.3. The lowest BCUT2D eigenvalue weighted by atomic mass is 10.2. The quantitative estimate of drug-likeness (QED) is 0.755. The zero-order valence-corrected chi connectivity index (χ0v) is 12.6. The first-order valence-electron chi connectivity index (χ1n) is 6.64. The predicted octanol–water partition coefficient (Wildman–Crippen LogP) is 0.305. The minimum absolute atomic E-state index is 0.0622. The molecule has 2 heterocycles. The molecule has 0 fully saturated rings. The molecular weight excluding hydrogens is 286 g/mol. The Morgan fingerprint density at radius 1 is 1.41 bits per heavy atom. The van der Waals surface area contributed by atoms with Crippen LogP contribution >= 0.6 is 0 Å². The van der Waals surface area contributed by atoms with Crippen LogP contribution in [0.4, 0.5) is 5.69 Å². The Balaban J connectivity index is 2.13. The molecule has 8 heteroatoms. The lowest BCUT2D eigenvalue weighted by Gasteiger charge is -2.06. The highest BCUT2D eigenvalue weighted by Crippen LogP contribution is 2.07. The Bertz CT molecular complexity index is 775. The Labute approximate surface area is 126 Å². The molecule has 0 saturated heterocycles. The third-order valence-electron chi connectivity index (χ3n) is 3.24. The summed E-state index contributed by atoms with van der Waals surface area (Å²) in [5.41, 5.74) is 1.57. The number of pyridine rings is 1. The molecule has 0 bridgehead atoms.